The first kappa shape index (κ1) is 21.7. The van der Waals surface area contributed by atoms with Crippen molar-refractivity contribution in [2.45, 2.75) is 19.3 Å². The highest BCUT2D eigenvalue weighted by atomic mass is 32.2. The normalized spacial score (nSPS) is 21.6. The van der Waals surface area contributed by atoms with Crippen molar-refractivity contribution in [1.82, 2.24) is 9.80 Å². The summed E-state index contributed by atoms with van der Waals surface area (Å²) in [5.74, 6) is 1.53. The van der Waals surface area contributed by atoms with Gasteiger partial charge in [-0.2, -0.15) is 11.8 Å². The predicted molar refractivity (Wildman–Crippen MR) is 123 cm³/mol. The van der Waals surface area contributed by atoms with Crippen LogP contribution in [-0.4, -0.2) is 59.4 Å². The summed E-state index contributed by atoms with van der Waals surface area (Å²) in [4.78, 5) is 30.0. The van der Waals surface area contributed by atoms with Crippen molar-refractivity contribution < 1.29 is 14.0 Å². The number of likely N-dealkylation sites (tertiary alicyclic amines) is 1. The number of nitrogens with zero attached hydrogens (tertiary/aromatic N) is 2. The number of thioether (sulfide) groups is 1. The molecule has 2 atom stereocenters. The van der Waals surface area contributed by atoms with Crippen LogP contribution in [0.2, 0.25) is 0 Å². The Morgan fingerprint density at radius 3 is 2.48 bits per heavy atom. The summed E-state index contributed by atoms with van der Waals surface area (Å²) in [7, 11) is 0. The molecular formula is C24H28FN3O2S. The van der Waals surface area contributed by atoms with Gasteiger partial charge in [0.05, 0.1) is 5.92 Å². The van der Waals surface area contributed by atoms with Gasteiger partial charge in [-0.25, -0.2) is 9.18 Å². The zero-order valence-corrected chi connectivity index (χ0v) is 18.5. The molecule has 2 aromatic rings. The van der Waals surface area contributed by atoms with Crippen molar-refractivity contribution in [3.8, 4) is 0 Å². The fourth-order valence-corrected chi connectivity index (χ4v) is 5.28. The number of aryl methyl sites for hydroxylation is 1. The molecule has 2 heterocycles. The van der Waals surface area contributed by atoms with Crippen molar-refractivity contribution in [2.75, 3.05) is 43.0 Å². The summed E-state index contributed by atoms with van der Waals surface area (Å²) in [6, 6.07) is 14.2. The van der Waals surface area contributed by atoms with E-state index in [-0.39, 0.29) is 29.6 Å². The molecule has 2 saturated heterocycles. The SMILES string of the molecule is Cc1cc([C@@H]2C[C@H](C(=O)N3CCSCC3)CN(C(=O)Nc3ccccc3)C2)ccc1F. The van der Waals surface area contributed by atoms with E-state index in [1.165, 1.54) is 6.07 Å². The van der Waals surface area contributed by atoms with Crippen LogP contribution in [0.1, 0.15) is 23.5 Å². The Labute approximate surface area is 187 Å². The number of benzene rings is 2. The van der Waals surface area contributed by atoms with E-state index in [0.29, 0.717) is 25.1 Å². The van der Waals surface area contributed by atoms with E-state index in [2.05, 4.69) is 5.32 Å². The van der Waals surface area contributed by atoms with Crippen molar-refractivity contribution in [3.05, 3.63) is 65.5 Å². The molecule has 1 N–H and O–H groups in total. The molecule has 0 spiro atoms. The van der Waals surface area contributed by atoms with Gasteiger partial charge in [0.2, 0.25) is 5.91 Å². The zero-order chi connectivity index (χ0) is 21.8. The maximum atomic E-state index is 13.8. The van der Waals surface area contributed by atoms with E-state index in [0.717, 1.165) is 35.8 Å². The number of carbonyl (C=O) groups is 2. The van der Waals surface area contributed by atoms with Crippen molar-refractivity contribution in [2.24, 2.45) is 5.92 Å². The second kappa shape index (κ2) is 9.73. The molecule has 2 aromatic carbocycles. The lowest BCUT2D eigenvalue weighted by Gasteiger charge is -2.40. The molecular weight excluding hydrogens is 413 g/mol. The van der Waals surface area contributed by atoms with Gasteiger partial charge < -0.3 is 15.1 Å². The lowest BCUT2D eigenvalue weighted by molar-refractivity contribution is -0.136. The number of anilines is 1. The van der Waals surface area contributed by atoms with Gasteiger partial charge in [-0.3, -0.25) is 4.79 Å². The number of rotatable bonds is 3. The van der Waals surface area contributed by atoms with Gasteiger partial charge in [0.1, 0.15) is 5.82 Å². The number of amides is 3. The third kappa shape index (κ3) is 5.21. The monoisotopic (exact) mass is 441 g/mol. The third-order valence-electron chi connectivity index (χ3n) is 6.09. The Morgan fingerprint density at radius 1 is 1.03 bits per heavy atom. The molecule has 0 unspecified atom stereocenters. The van der Waals surface area contributed by atoms with E-state index in [4.69, 9.17) is 0 Å². The second-order valence-electron chi connectivity index (χ2n) is 8.28. The van der Waals surface area contributed by atoms with Gasteiger partial charge >= 0.3 is 6.03 Å². The minimum absolute atomic E-state index is 0.0114. The van der Waals surface area contributed by atoms with Crippen LogP contribution in [0.15, 0.2) is 48.5 Å². The molecule has 0 aliphatic carbocycles. The molecule has 0 saturated carbocycles. The fourth-order valence-electron chi connectivity index (χ4n) is 4.37. The molecule has 0 radical (unpaired) electrons. The first-order valence-electron chi connectivity index (χ1n) is 10.7. The smallest absolute Gasteiger partial charge is 0.321 e. The number of halogens is 1. The Kier molecular flexibility index (Phi) is 6.80. The summed E-state index contributed by atoms with van der Waals surface area (Å²) in [5, 5.41) is 2.94. The van der Waals surface area contributed by atoms with Crippen LogP contribution in [0.3, 0.4) is 0 Å². The molecule has 31 heavy (non-hydrogen) atoms. The first-order valence-corrected chi connectivity index (χ1v) is 11.9. The van der Waals surface area contributed by atoms with Crippen molar-refractivity contribution in [3.63, 3.8) is 0 Å². The Bertz CT molecular complexity index is 934. The Balaban J connectivity index is 1.55. The van der Waals surface area contributed by atoms with E-state index in [1.807, 2.05) is 53.1 Å². The van der Waals surface area contributed by atoms with Crippen molar-refractivity contribution >= 4 is 29.4 Å². The highest BCUT2D eigenvalue weighted by molar-refractivity contribution is 7.99. The molecule has 2 aliphatic rings. The molecule has 164 valence electrons. The number of piperidine rings is 1. The van der Waals surface area contributed by atoms with Gasteiger partial charge in [-0.05, 0) is 42.7 Å². The van der Waals surface area contributed by atoms with Gasteiger partial charge in [-0.1, -0.05) is 30.3 Å². The Hall–Kier alpha value is -2.54. The van der Waals surface area contributed by atoms with E-state index < -0.39 is 0 Å². The van der Waals surface area contributed by atoms with Crippen LogP contribution in [0.5, 0.6) is 0 Å². The minimum Gasteiger partial charge on any atom is -0.341 e. The van der Waals surface area contributed by atoms with E-state index >= 15 is 0 Å². The largest absolute Gasteiger partial charge is 0.341 e. The second-order valence-corrected chi connectivity index (χ2v) is 9.50. The van der Waals surface area contributed by atoms with Crippen LogP contribution in [0, 0.1) is 18.7 Å². The summed E-state index contributed by atoms with van der Waals surface area (Å²) >= 11 is 1.87. The number of hydrogen-bond donors (Lipinski definition) is 1. The first-order chi connectivity index (χ1) is 15.0. The Morgan fingerprint density at radius 2 is 1.77 bits per heavy atom. The number of urea groups is 1. The van der Waals surface area contributed by atoms with Gasteiger partial charge in [-0.15, -0.1) is 0 Å². The molecule has 3 amide bonds. The molecule has 4 rings (SSSR count). The summed E-state index contributed by atoms with van der Waals surface area (Å²) < 4.78 is 13.8. The summed E-state index contributed by atoms with van der Waals surface area (Å²) in [6.45, 7) is 4.17. The highest BCUT2D eigenvalue weighted by Crippen LogP contribution is 2.33. The van der Waals surface area contributed by atoms with Crippen LogP contribution in [0.4, 0.5) is 14.9 Å². The average molecular weight is 442 g/mol. The van der Waals surface area contributed by atoms with Crippen molar-refractivity contribution in [1.29, 1.82) is 0 Å². The van der Waals surface area contributed by atoms with E-state index in [1.54, 1.807) is 17.9 Å². The van der Waals surface area contributed by atoms with Gasteiger partial charge in [0.15, 0.2) is 0 Å². The fraction of sp³-hybridized carbons (Fsp3) is 0.417. The quantitative estimate of drug-likeness (QED) is 0.771. The number of nitrogens with one attached hydrogen (secondary N) is 1. The topological polar surface area (TPSA) is 52.7 Å². The van der Waals surface area contributed by atoms with Crippen LogP contribution < -0.4 is 5.32 Å². The molecule has 0 bridgehead atoms. The predicted octanol–water partition coefficient (Wildman–Crippen LogP) is 4.35. The number of hydrogen-bond acceptors (Lipinski definition) is 3. The minimum atomic E-state index is -0.256. The molecule has 5 nitrogen and oxygen atoms in total. The van der Waals surface area contributed by atoms with Gasteiger partial charge in [0.25, 0.3) is 0 Å². The summed E-state index contributed by atoms with van der Waals surface area (Å²) in [5.41, 5.74) is 2.28. The van der Waals surface area contributed by atoms with Crippen LogP contribution in [0.25, 0.3) is 0 Å². The lowest BCUT2D eigenvalue weighted by Crippen LogP contribution is -2.51. The number of carbonyl (C=O) groups excluding carboxylic acids is 2. The molecule has 2 aliphatic heterocycles. The average Bonchev–Trinajstić information content (AvgIpc) is 2.81. The highest BCUT2D eigenvalue weighted by Gasteiger charge is 2.37. The van der Waals surface area contributed by atoms with Crippen LogP contribution in [-0.2, 0) is 4.79 Å². The molecule has 0 aromatic heterocycles. The van der Waals surface area contributed by atoms with Gasteiger partial charge in [0, 0.05) is 49.3 Å². The van der Waals surface area contributed by atoms with Crippen LogP contribution >= 0.6 is 11.8 Å². The van der Waals surface area contributed by atoms with E-state index in [9.17, 15) is 14.0 Å². The molecule has 2 fully saturated rings. The maximum absolute atomic E-state index is 13.8. The summed E-state index contributed by atoms with van der Waals surface area (Å²) in [6.07, 6.45) is 0.669. The zero-order valence-electron chi connectivity index (χ0n) is 17.7. The number of para-hydroxylation sites is 1. The maximum Gasteiger partial charge on any atom is 0.321 e. The molecule has 7 heteroatoms. The standard InChI is InChI=1S/C24H28FN3O2S/c1-17-13-18(7-8-22(17)25)19-14-20(23(29)27-9-11-31-12-10-27)16-28(15-19)24(30)26-21-5-3-2-4-6-21/h2-8,13,19-20H,9-12,14-16H2,1H3,(H,26,30)/t19-,20+/m1/s1. The third-order valence-corrected chi connectivity index (χ3v) is 7.03. The lowest BCUT2D eigenvalue weighted by atomic mass is 9.83.